The topological polar surface area (TPSA) is 33.1 Å². The number of benzene rings is 1. The van der Waals surface area contributed by atoms with E-state index in [4.69, 9.17) is 0 Å². The molecule has 0 saturated heterocycles. The maximum Gasteiger partial charge on any atom is 0.0975 e. The van der Waals surface area contributed by atoms with E-state index in [0.717, 1.165) is 22.0 Å². The van der Waals surface area contributed by atoms with Crippen molar-refractivity contribution >= 4 is 11.3 Å². The molecule has 3 heteroatoms. The van der Waals surface area contributed by atoms with Gasteiger partial charge in [-0.1, -0.05) is 29.3 Å². The Morgan fingerprint density at radius 1 is 1.17 bits per heavy atom. The predicted molar refractivity (Wildman–Crippen MR) is 76.2 cm³/mol. The third-order valence-electron chi connectivity index (χ3n) is 2.89. The zero-order chi connectivity index (χ0) is 13.3. The Labute approximate surface area is 112 Å². The highest BCUT2D eigenvalue weighted by molar-refractivity contribution is 7.11. The van der Waals surface area contributed by atoms with Gasteiger partial charge in [0.2, 0.25) is 0 Å². The lowest BCUT2D eigenvalue weighted by molar-refractivity contribution is 0.202. The average Bonchev–Trinajstić information content (AvgIpc) is 2.57. The summed E-state index contributed by atoms with van der Waals surface area (Å²) in [5.74, 6) is 0. The number of hydrogen-bond acceptors (Lipinski definition) is 3. The van der Waals surface area contributed by atoms with Crippen LogP contribution in [-0.2, 0) is 6.42 Å². The van der Waals surface area contributed by atoms with E-state index in [-0.39, 0.29) is 0 Å². The number of aryl methyl sites for hydroxylation is 3. The molecule has 1 unspecified atom stereocenters. The lowest BCUT2D eigenvalue weighted by Crippen LogP contribution is -1.90. The van der Waals surface area contributed by atoms with Crippen LogP contribution in [0.5, 0.6) is 0 Å². The lowest BCUT2D eigenvalue weighted by atomic mass is 10.1. The van der Waals surface area contributed by atoms with E-state index in [1.165, 1.54) is 16.7 Å². The summed E-state index contributed by atoms with van der Waals surface area (Å²) in [7, 11) is 0. The maximum absolute atomic E-state index is 9.64. The molecular formula is C15H19NOS. The van der Waals surface area contributed by atoms with Gasteiger partial charge in [0, 0.05) is 6.42 Å². The van der Waals surface area contributed by atoms with Crippen molar-refractivity contribution in [2.75, 3.05) is 0 Å². The monoisotopic (exact) mass is 261 g/mol. The summed E-state index contributed by atoms with van der Waals surface area (Å²) in [6.45, 7) is 7.99. The second-order valence-electron chi connectivity index (χ2n) is 4.91. The van der Waals surface area contributed by atoms with Gasteiger partial charge in [0.15, 0.2) is 0 Å². The first-order valence-electron chi connectivity index (χ1n) is 6.17. The van der Waals surface area contributed by atoms with Crippen molar-refractivity contribution in [3.05, 3.63) is 50.5 Å². The Morgan fingerprint density at radius 3 is 2.28 bits per heavy atom. The fourth-order valence-electron chi connectivity index (χ4n) is 2.27. The van der Waals surface area contributed by atoms with Crippen LogP contribution in [-0.4, -0.2) is 10.1 Å². The molecule has 0 spiro atoms. The minimum Gasteiger partial charge on any atom is -0.388 e. The lowest BCUT2D eigenvalue weighted by Gasteiger charge is -2.02. The molecule has 0 radical (unpaired) electrons. The molecule has 1 heterocycles. The second kappa shape index (κ2) is 5.21. The Morgan fingerprint density at radius 2 is 1.78 bits per heavy atom. The van der Waals surface area contributed by atoms with E-state index in [0.29, 0.717) is 0 Å². The molecule has 0 saturated carbocycles. The molecule has 2 rings (SSSR count). The molecule has 1 aromatic carbocycles. The summed E-state index contributed by atoms with van der Waals surface area (Å²) in [6, 6.07) is 6.58. The smallest absolute Gasteiger partial charge is 0.0975 e. The van der Waals surface area contributed by atoms with E-state index in [1.54, 1.807) is 18.3 Å². The summed E-state index contributed by atoms with van der Waals surface area (Å²) in [5.41, 5.74) is 4.82. The SMILES string of the molecule is Cc1cc(C)cc(Cc2nc(C)c(C(C)O)s2)c1. The van der Waals surface area contributed by atoms with Crippen LogP contribution >= 0.6 is 11.3 Å². The standard InChI is InChI=1S/C15H19NOS/c1-9-5-10(2)7-13(6-9)8-14-16-11(3)15(18-14)12(4)17/h5-7,12,17H,8H2,1-4H3. The summed E-state index contributed by atoms with van der Waals surface area (Å²) >= 11 is 1.61. The minimum atomic E-state index is -0.421. The zero-order valence-corrected chi connectivity index (χ0v) is 12.1. The molecule has 0 amide bonds. The Hall–Kier alpha value is -1.19. The highest BCUT2D eigenvalue weighted by atomic mass is 32.1. The first-order valence-corrected chi connectivity index (χ1v) is 6.99. The molecule has 2 aromatic rings. The maximum atomic E-state index is 9.64. The molecule has 0 bridgehead atoms. The molecule has 96 valence electrons. The van der Waals surface area contributed by atoms with Gasteiger partial charge in [-0.05, 0) is 33.3 Å². The second-order valence-corrected chi connectivity index (χ2v) is 6.02. The van der Waals surface area contributed by atoms with E-state index in [9.17, 15) is 5.11 Å². The Bertz CT molecular complexity index is 537. The van der Waals surface area contributed by atoms with Crippen LogP contribution in [0.4, 0.5) is 0 Å². The van der Waals surface area contributed by atoms with Gasteiger partial charge in [-0.2, -0.15) is 0 Å². The summed E-state index contributed by atoms with van der Waals surface area (Å²) in [4.78, 5) is 5.53. The molecule has 0 fully saturated rings. The van der Waals surface area contributed by atoms with Crippen molar-refractivity contribution < 1.29 is 5.11 Å². The number of nitrogens with zero attached hydrogens (tertiary/aromatic N) is 1. The van der Waals surface area contributed by atoms with Gasteiger partial charge < -0.3 is 5.11 Å². The van der Waals surface area contributed by atoms with Crippen molar-refractivity contribution in [2.24, 2.45) is 0 Å². The minimum absolute atomic E-state index is 0.421. The fraction of sp³-hybridized carbons (Fsp3) is 0.400. The molecule has 1 aromatic heterocycles. The predicted octanol–water partition coefficient (Wildman–Crippen LogP) is 3.71. The van der Waals surface area contributed by atoms with Crippen molar-refractivity contribution in [3.8, 4) is 0 Å². The van der Waals surface area contributed by atoms with Crippen LogP contribution in [0.3, 0.4) is 0 Å². The summed E-state index contributed by atoms with van der Waals surface area (Å²) < 4.78 is 0. The van der Waals surface area contributed by atoms with Gasteiger partial charge in [0.25, 0.3) is 0 Å². The number of aliphatic hydroxyl groups is 1. The van der Waals surface area contributed by atoms with Gasteiger partial charge in [0.05, 0.1) is 21.7 Å². The van der Waals surface area contributed by atoms with Crippen LogP contribution < -0.4 is 0 Å². The number of aliphatic hydroxyl groups excluding tert-OH is 1. The first-order chi connectivity index (χ1) is 8.45. The molecule has 0 aliphatic rings. The van der Waals surface area contributed by atoms with Crippen LogP contribution in [0.25, 0.3) is 0 Å². The van der Waals surface area contributed by atoms with Crippen molar-refractivity contribution in [1.82, 2.24) is 4.98 Å². The number of thiazole rings is 1. The average molecular weight is 261 g/mol. The molecule has 1 atom stereocenters. The van der Waals surface area contributed by atoms with E-state index < -0.39 is 6.10 Å². The summed E-state index contributed by atoms with van der Waals surface area (Å²) in [6.07, 6.45) is 0.427. The quantitative estimate of drug-likeness (QED) is 0.913. The first kappa shape index (κ1) is 13.2. The Kier molecular flexibility index (Phi) is 3.83. The fourth-order valence-corrected chi connectivity index (χ4v) is 3.31. The summed E-state index contributed by atoms with van der Waals surface area (Å²) in [5, 5.41) is 10.7. The van der Waals surface area contributed by atoms with Crippen LogP contribution in [0.15, 0.2) is 18.2 Å². The number of hydrogen-bond donors (Lipinski definition) is 1. The molecular weight excluding hydrogens is 242 g/mol. The van der Waals surface area contributed by atoms with Crippen molar-refractivity contribution in [2.45, 2.75) is 40.2 Å². The molecule has 0 aliphatic heterocycles. The van der Waals surface area contributed by atoms with Crippen molar-refractivity contribution in [1.29, 1.82) is 0 Å². The van der Waals surface area contributed by atoms with E-state index >= 15 is 0 Å². The zero-order valence-electron chi connectivity index (χ0n) is 11.3. The molecule has 0 aliphatic carbocycles. The van der Waals surface area contributed by atoms with Gasteiger partial charge in [-0.25, -0.2) is 4.98 Å². The van der Waals surface area contributed by atoms with Gasteiger partial charge >= 0.3 is 0 Å². The van der Waals surface area contributed by atoms with Crippen LogP contribution in [0.2, 0.25) is 0 Å². The van der Waals surface area contributed by atoms with Gasteiger partial charge in [-0.3, -0.25) is 0 Å². The molecule has 1 N–H and O–H groups in total. The normalized spacial score (nSPS) is 12.7. The third kappa shape index (κ3) is 2.98. The van der Waals surface area contributed by atoms with Crippen LogP contribution in [0.1, 0.15) is 45.3 Å². The molecule has 2 nitrogen and oxygen atoms in total. The van der Waals surface area contributed by atoms with E-state index in [2.05, 4.69) is 37.0 Å². The highest BCUT2D eigenvalue weighted by Crippen LogP contribution is 2.26. The van der Waals surface area contributed by atoms with E-state index in [1.807, 2.05) is 6.92 Å². The largest absolute Gasteiger partial charge is 0.388 e. The van der Waals surface area contributed by atoms with Crippen molar-refractivity contribution in [3.63, 3.8) is 0 Å². The molecule has 18 heavy (non-hydrogen) atoms. The number of rotatable bonds is 3. The van der Waals surface area contributed by atoms with Gasteiger partial charge in [0.1, 0.15) is 0 Å². The third-order valence-corrected chi connectivity index (χ3v) is 4.22. The highest BCUT2D eigenvalue weighted by Gasteiger charge is 2.12. The van der Waals surface area contributed by atoms with Crippen LogP contribution in [0, 0.1) is 20.8 Å². The number of aromatic nitrogens is 1. The van der Waals surface area contributed by atoms with Gasteiger partial charge in [-0.15, -0.1) is 11.3 Å². The Balaban J connectivity index is 2.26.